The summed E-state index contributed by atoms with van der Waals surface area (Å²) >= 11 is 0. The number of aromatic nitrogens is 2. The molecule has 1 amide bonds. The van der Waals surface area contributed by atoms with E-state index < -0.39 is 5.60 Å². The Balaban J connectivity index is 1.54. The standard InChI is InChI=1S/C17H23N4O2/c1-17(2,3)23-16(22)21-10-8-20(9-11-21)12-15-18-13-6-4-5-7-14(13)19-15/h4-6H,8-12H2,1-3H3,(H,18,19). The minimum atomic E-state index is -0.445. The fourth-order valence-electron chi connectivity index (χ4n) is 2.64. The lowest BCUT2D eigenvalue weighted by Crippen LogP contribution is -2.49. The number of para-hydroxylation sites is 1. The second kappa shape index (κ2) is 6.20. The van der Waals surface area contributed by atoms with Crippen LogP contribution in [0.2, 0.25) is 0 Å². The summed E-state index contributed by atoms with van der Waals surface area (Å²) in [5.41, 5.74) is 1.43. The van der Waals surface area contributed by atoms with E-state index >= 15 is 0 Å². The number of rotatable bonds is 2. The molecule has 0 saturated carbocycles. The van der Waals surface area contributed by atoms with E-state index in [9.17, 15) is 4.79 Å². The SMILES string of the molecule is CC(C)(C)OC(=O)N1CCN(Cc2nc3[c]cccc3[nH]2)CC1. The zero-order valence-corrected chi connectivity index (χ0v) is 13.9. The van der Waals surface area contributed by atoms with E-state index in [0.29, 0.717) is 13.1 Å². The molecule has 1 aliphatic rings. The highest BCUT2D eigenvalue weighted by Gasteiger charge is 2.26. The number of imidazole rings is 1. The molecule has 23 heavy (non-hydrogen) atoms. The number of piperazine rings is 1. The molecule has 1 aromatic carbocycles. The Bertz CT molecular complexity index is 648. The van der Waals surface area contributed by atoms with Gasteiger partial charge in [-0.2, -0.15) is 0 Å². The topological polar surface area (TPSA) is 61.5 Å². The quantitative estimate of drug-likeness (QED) is 0.924. The lowest BCUT2D eigenvalue weighted by molar-refractivity contribution is 0.0137. The van der Waals surface area contributed by atoms with Gasteiger partial charge in [-0.05, 0) is 26.8 Å². The third-order valence-electron chi connectivity index (χ3n) is 3.76. The molecule has 2 aromatic rings. The first kappa shape index (κ1) is 15.8. The van der Waals surface area contributed by atoms with Crippen molar-refractivity contribution < 1.29 is 9.53 Å². The Kier molecular flexibility index (Phi) is 4.26. The van der Waals surface area contributed by atoms with Crippen molar-refractivity contribution in [2.75, 3.05) is 26.2 Å². The monoisotopic (exact) mass is 315 g/mol. The van der Waals surface area contributed by atoms with Crippen molar-refractivity contribution in [3.63, 3.8) is 0 Å². The van der Waals surface area contributed by atoms with Crippen molar-refractivity contribution in [3.8, 4) is 0 Å². The van der Waals surface area contributed by atoms with Crippen molar-refractivity contribution in [1.29, 1.82) is 0 Å². The maximum atomic E-state index is 12.1. The Labute approximate surface area is 136 Å². The van der Waals surface area contributed by atoms with Crippen molar-refractivity contribution in [3.05, 3.63) is 30.1 Å². The number of benzene rings is 1. The van der Waals surface area contributed by atoms with Gasteiger partial charge in [0, 0.05) is 32.2 Å². The van der Waals surface area contributed by atoms with Crippen LogP contribution >= 0.6 is 0 Å². The van der Waals surface area contributed by atoms with E-state index in [4.69, 9.17) is 4.74 Å². The van der Waals surface area contributed by atoms with Gasteiger partial charge in [0.25, 0.3) is 0 Å². The summed E-state index contributed by atoms with van der Waals surface area (Å²) in [7, 11) is 0. The molecular weight excluding hydrogens is 292 g/mol. The molecule has 2 heterocycles. The molecule has 1 radical (unpaired) electrons. The summed E-state index contributed by atoms with van der Waals surface area (Å²) < 4.78 is 5.42. The number of ether oxygens (including phenoxy) is 1. The summed E-state index contributed by atoms with van der Waals surface area (Å²) in [5, 5.41) is 0. The molecule has 1 aromatic heterocycles. The Hall–Kier alpha value is -2.08. The van der Waals surface area contributed by atoms with Crippen LogP contribution in [0.25, 0.3) is 11.0 Å². The number of nitrogens with zero attached hydrogens (tertiary/aromatic N) is 3. The van der Waals surface area contributed by atoms with Crippen molar-refractivity contribution >= 4 is 17.1 Å². The van der Waals surface area contributed by atoms with Gasteiger partial charge in [0.15, 0.2) is 0 Å². The normalized spacial score (nSPS) is 16.7. The third kappa shape index (κ3) is 4.01. The van der Waals surface area contributed by atoms with E-state index in [1.807, 2.05) is 39.0 Å². The molecule has 0 bridgehead atoms. The first-order valence-electron chi connectivity index (χ1n) is 7.96. The van der Waals surface area contributed by atoms with Crippen LogP contribution in [0, 0.1) is 6.07 Å². The predicted octanol–water partition coefficient (Wildman–Crippen LogP) is 2.42. The largest absolute Gasteiger partial charge is 0.444 e. The molecule has 3 rings (SSSR count). The number of aromatic amines is 1. The number of hydrogen-bond donors (Lipinski definition) is 1. The lowest BCUT2D eigenvalue weighted by atomic mass is 10.2. The summed E-state index contributed by atoms with van der Waals surface area (Å²) in [4.78, 5) is 24.0. The van der Waals surface area contributed by atoms with Gasteiger partial charge in [-0.1, -0.05) is 12.1 Å². The highest BCUT2D eigenvalue weighted by Crippen LogP contribution is 2.14. The molecule has 0 spiro atoms. The summed E-state index contributed by atoms with van der Waals surface area (Å²) in [5.74, 6) is 0.938. The number of H-pyrrole nitrogens is 1. The molecular formula is C17H23N4O2. The van der Waals surface area contributed by atoms with E-state index in [1.54, 1.807) is 4.90 Å². The molecule has 1 aliphatic heterocycles. The molecule has 6 heteroatoms. The molecule has 0 unspecified atom stereocenters. The summed E-state index contributed by atoms with van der Waals surface area (Å²) in [6.07, 6.45) is -0.226. The van der Waals surface area contributed by atoms with Gasteiger partial charge >= 0.3 is 6.09 Å². The third-order valence-corrected chi connectivity index (χ3v) is 3.76. The zero-order valence-electron chi connectivity index (χ0n) is 13.9. The van der Waals surface area contributed by atoms with Crippen LogP contribution in [0.4, 0.5) is 4.79 Å². The average Bonchev–Trinajstić information content (AvgIpc) is 2.88. The fourth-order valence-corrected chi connectivity index (χ4v) is 2.64. The van der Waals surface area contributed by atoms with Crippen molar-refractivity contribution in [2.24, 2.45) is 0 Å². The molecule has 123 valence electrons. The molecule has 0 aliphatic carbocycles. The summed E-state index contributed by atoms with van der Waals surface area (Å²) in [6, 6.07) is 8.94. The van der Waals surface area contributed by atoms with Gasteiger partial charge in [-0.3, -0.25) is 4.90 Å². The van der Waals surface area contributed by atoms with Gasteiger partial charge < -0.3 is 14.6 Å². The first-order valence-corrected chi connectivity index (χ1v) is 7.96. The number of amides is 1. The molecule has 1 saturated heterocycles. The van der Waals surface area contributed by atoms with Gasteiger partial charge in [-0.15, -0.1) is 0 Å². The van der Waals surface area contributed by atoms with Crippen LogP contribution in [0.3, 0.4) is 0 Å². The van der Waals surface area contributed by atoms with Crippen LogP contribution in [0.15, 0.2) is 18.2 Å². The highest BCUT2D eigenvalue weighted by molar-refractivity contribution is 5.74. The van der Waals surface area contributed by atoms with Gasteiger partial charge in [-0.25, -0.2) is 9.78 Å². The van der Waals surface area contributed by atoms with Crippen LogP contribution in [0.5, 0.6) is 0 Å². The maximum absolute atomic E-state index is 12.1. The average molecular weight is 315 g/mol. The first-order chi connectivity index (χ1) is 10.9. The predicted molar refractivity (Wildman–Crippen MR) is 88.0 cm³/mol. The Morgan fingerprint density at radius 3 is 2.74 bits per heavy atom. The molecule has 6 nitrogen and oxygen atoms in total. The fraction of sp³-hybridized carbons (Fsp3) is 0.529. The minimum absolute atomic E-state index is 0.226. The van der Waals surface area contributed by atoms with Gasteiger partial charge in [0.2, 0.25) is 0 Å². The smallest absolute Gasteiger partial charge is 0.410 e. The van der Waals surface area contributed by atoms with Crippen LogP contribution < -0.4 is 0 Å². The second-order valence-corrected chi connectivity index (χ2v) is 6.86. The Morgan fingerprint density at radius 2 is 2.09 bits per heavy atom. The molecule has 0 atom stereocenters. The number of fused-ring (bicyclic) bond motifs is 1. The van der Waals surface area contributed by atoms with E-state index in [2.05, 4.69) is 20.9 Å². The van der Waals surface area contributed by atoms with E-state index in [1.165, 1.54) is 0 Å². The van der Waals surface area contributed by atoms with E-state index in [-0.39, 0.29) is 6.09 Å². The Morgan fingerprint density at radius 1 is 1.35 bits per heavy atom. The van der Waals surface area contributed by atoms with Crippen LogP contribution in [-0.4, -0.2) is 57.6 Å². The van der Waals surface area contributed by atoms with Gasteiger partial charge in [0.05, 0.1) is 17.6 Å². The van der Waals surface area contributed by atoms with Crippen molar-refractivity contribution in [2.45, 2.75) is 32.9 Å². The molecule has 1 N–H and O–H groups in total. The van der Waals surface area contributed by atoms with Crippen LogP contribution in [-0.2, 0) is 11.3 Å². The van der Waals surface area contributed by atoms with Gasteiger partial charge in [0.1, 0.15) is 11.4 Å². The number of carbonyl (C=O) groups excluding carboxylic acids is 1. The van der Waals surface area contributed by atoms with Crippen molar-refractivity contribution in [1.82, 2.24) is 19.8 Å². The zero-order chi connectivity index (χ0) is 16.4. The minimum Gasteiger partial charge on any atom is -0.444 e. The second-order valence-electron chi connectivity index (χ2n) is 6.86. The lowest BCUT2D eigenvalue weighted by Gasteiger charge is -2.35. The van der Waals surface area contributed by atoms with Crippen LogP contribution in [0.1, 0.15) is 26.6 Å². The van der Waals surface area contributed by atoms with E-state index in [0.717, 1.165) is 36.5 Å². The highest BCUT2D eigenvalue weighted by atomic mass is 16.6. The summed E-state index contributed by atoms with van der Waals surface area (Å²) in [6.45, 7) is 9.42. The molecule has 1 fully saturated rings. The maximum Gasteiger partial charge on any atom is 0.410 e. The number of hydrogen-bond acceptors (Lipinski definition) is 4. The number of carbonyl (C=O) groups is 1. The number of nitrogens with one attached hydrogen (secondary N) is 1.